The molecule has 4 aromatic carbocycles. The molecular weight excluding hydrogens is 430 g/mol. The molecule has 4 rings (SSSR count). The Bertz CT molecular complexity index is 1210. The molecule has 4 heteroatoms. The Balaban J connectivity index is 1.53. The van der Waals surface area contributed by atoms with Gasteiger partial charge in [0.2, 0.25) is 0 Å². The van der Waals surface area contributed by atoms with Crippen molar-refractivity contribution in [1.29, 1.82) is 0 Å². The number of hydrogen-bond donors (Lipinski definition) is 0. The van der Waals surface area contributed by atoms with E-state index in [1.54, 1.807) is 36.4 Å². The molecule has 0 aliphatic rings. The summed E-state index contributed by atoms with van der Waals surface area (Å²) in [4.78, 5) is 0. The summed E-state index contributed by atoms with van der Waals surface area (Å²) in [6.45, 7) is 5.31. The van der Waals surface area contributed by atoms with E-state index >= 15 is 8.78 Å². The predicted molar refractivity (Wildman–Crippen MR) is 134 cm³/mol. The van der Waals surface area contributed by atoms with E-state index in [-0.39, 0.29) is 11.1 Å². The lowest BCUT2D eigenvalue weighted by Gasteiger charge is -2.11. The summed E-state index contributed by atoms with van der Waals surface area (Å²) in [5.41, 5.74) is 3.71. The molecule has 0 heterocycles. The van der Waals surface area contributed by atoms with E-state index < -0.39 is 11.6 Å². The smallest absolute Gasteiger partial charge is 0.167 e. The first-order chi connectivity index (χ1) is 16.6. The van der Waals surface area contributed by atoms with Gasteiger partial charge in [-0.2, -0.15) is 0 Å². The van der Waals surface area contributed by atoms with Crippen LogP contribution in [-0.4, -0.2) is 13.2 Å². The number of rotatable bonds is 9. The molecule has 0 fully saturated rings. The van der Waals surface area contributed by atoms with Gasteiger partial charge in [-0.15, -0.1) is 0 Å². The number of halogens is 2. The fourth-order valence-electron chi connectivity index (χ4n) is 3.81. The van der Waals surface area contributed by atoms with E-state index in [0.29, 0.717) is 24.3 Å². The lowest BCUT2D eigenvalue weighted by molar-refractivity contribution is 0.309. The molecule has 0 aliphatic heterocycles. The van der Waals surface area contributed by atoms with Crippen molar-refractivity contribution >= 4 is 0 Å². The largest absolute Gasteiger partial charge is 0.494 e. The van der Waals surface area contributed by atoms with Crippen LogP contribution in [0.15, 0.2) is 84.9 Å². The van der Waals surface area contributed by atoms with E-state index in [1.165, 1.54) is 0 Å². The first-order valence-corrected chi connectivity index (χ1v) is 11.7. The van der Waals surface area contributed by atoms with Crippen LogP contribution in [0.3, 0.4) is 0 Å². The van der Waals surface area contributed by atoms with Gasteiger partial charge in [-0.1, -0.05) is 74.0 Å². The molecule has 0 aromatic heterocycles. The Morgan fingerprint density at radius 3 is 1.41 bits per heavy atom. The van der Waals surface area contributed by atoms with Crippen molar-refractivity contribution in [2.45, 2.75) is 26.7 Å². The number of unbranched alkanes of at least 4 members (excludes halogenated alkanes) is 1. The molecule has 0 N–H and O–H groups in total. The van der Waals surface area contributed by atoms with Crippen LogP contribution in [0.5, 0.6) is 11.5 Å². The van der Waals surface area contributed by atoms with Crippen molar-refractivity contribution < 1.29 is 18.3 Å². The maximum atomic E-state index is 15.0. The highest BCUT2D eigenvalue weighted by Gasteiger charge is 2.16. The molecule has 34 heavy (non-hydrogen) atoms. The lowest BCUT2D eigenvalue weighted by atomic mass is 9.97. The highest BCUT2D eigenvalue weighted by molar-refractivity contribution is 5.74. The van der Waals surface area contributed by atoms with Crippen molar-refractivity contribution in [3.8, 4) is 44.9 Å². The van der Waals surface area contributed by atoms with Crippen LogP contribution >= 0.6 is 0 Å². The zero-order chi connectivity index (χ0) is 23.9. The Morgan fingerprint density at radius 2 is 0.941 bits per heavy atom. The van der Waals surface area contributed by atoms with Gasteiger partial charge in [0, 0.05) is 11.1 Å². The van der Waals surface area contributed by atoms with Gasteiger partial charge in [-0.3, -0.25) is 0 Å². The molecule has 0 bridgehead atoms. The predicted octanol–water partition coefficient (Wildman–Crippen LogP) is 8.54. The van der Waals surface area contributed by atoms with E-state index in [9.17, 15) is 0 Å². The monoisotopic (exact) mass is 458 g/mol. The minimum atomic E-state index is -0.854. The van der Waals surface area contributed by atoms with Crippen LogP contribution in [0.25, 0.3) is 33.4 Å². The molecule has 174 valence electrons. The maximum Gasteiger partial charge on any atom is 0.167 e. The molecule has 0 saturated heterocycles. The van der Waals surface area contributed by atoms with E-state index in [1.807, 2.05) is 55.5 Å². The molecule has 0 atom stereocenters. The Hall–Kier alpha value is -3.66. The fourth-order valence-corrected chi connectivity index (χ4v) is 3.81. The molecule has 0 amide bonds. The van der Waals surface area contributed by atoms with Gasteiger partial charge in [0.1, 0.15) is 11.5 Å². The third-order valence-electron chi connectivity index (χ3n) is 5.71. The van der Waals surface area contributed by atoms with Gasteiger partial charge >= 0.3 is 0 Å². The summed E-state index contributed by atoms with van der Waals surface area (Å²) in [5, 5.41) is 0. The van der Waals surface area contributed by atoms with Crippen LogP contribution < -0.4 is 9.47 Å². The van der Waals surface area contributed by atoms with E-state index in [0.717, 1.165) is 35.5 Å². The SMILES string of the molecule is CCCCOc1ccc(-c2ccc(-c3ccc(-c4ccc(OCC)cc4)cc3)c(F)c2F)cc1. The van der Waals surface area contributed by atoms with E-state index in [4.69, 9.17) is 9.47 Å². The summed E-state index contributed by atoms with van der Waals surface area (Å²) in [6, 6.07) is 25.6. The zero-order valence-corrected chi connectivity index (χ0v) is 19.5. The minimum Gasteiger partial charge on any atom is -0.494 e. The normalized spacial score (nSPS) is 10.8. The molecule has 4 aromatic rings. The topological polar surface area (TPSA) is 18.5 Å². The summed E-state index contributed by atoms with van der Waals surface area (Å²) < 4.78 is 41.2. The van der Waals surface area contributed by atoms with Crippen molar-refractivity contribution in [2.24, 2.45) is 0 Å². The highest BCUT2D eigenvalue weighted by Crippen LogP contribution is 2.33. The molecule has 0 saturated carbocycles. The maximum absolute atomic E-state index is 15.0. The number of hydrogen-bond acceptors (Lipinski definition) is 2. The standard InChI is InChI=1S/C30H28F2O2/c1-3-5-20-34-26-16-12-24(13-17-26)28-19-18-27(29(31)30(28)32)23-8-6-21(7-9-23)22-10-14-25(15-11-22)33-4-2/h6-19H,3-5,20H2,1-2H3. The first kappa shape index (κ1) is 23.5. The second-order valence-electron chi connectivity index (χ2n) is 8.05. The summed E-state index contributed by atoms with van der Waals surface area (Å²) in [5.74, 6) is -0.163. The first-order valence-electron chi connectivity index (χ1n) is 11.7. The summed E-state index contributed by atoms with van der Waals surface area (Å²) in [7, 11) is 0. The average Bonchev–Trinajstić information content (AvgIpc) is 2.87. The van der Waals surface area contributed by atoms with Gasteiger partial charge in [0.15, 0.2) is 11.6 Å². The molecule has 2 nitrogen and oxygen atoms in total. The van der Waals surface area contributed by atoms with Gasteiger partial charge in [0.05, 0.1) is 13.2 Å². The second-order valence-corrected chi connectivity index (χ2v) is 8.05. The van der Waals surface area contributed by atoms with Gasteiger partial charge in [-0.25, -0.2) is 8.78 Å². The Kier molecular flexibility index (Phi) is 7.58. The fraction of sp³-hybridized carbons (Fsp3) is 0.200. The van der Waals surface area contributed by atoms with Crippen LogP contribution in [0.4, 0.5) is 8.78 Å². The molecule has 0 radical (unpaired) electrons. The van der Waals surface area contributed by atoms with Crippen LogP contribution in [-0.2, 0) is 0 Å². The van der Waals surface area contributed by atoms with Crippen molar-refractivity contribution in [2.75, 3.05) is 13.2 Å². The second kappa shape index (κ2) is 11.0. The van der Waals surface area contributed by atoms with Crippen LogP contribution in [0.2, 0.25) is 0 Å². The average molecular weight is 459 g/mol. The Labute approximate surface area is 199 Å². The highest BCUT2D eigenvalue weighted by atomic mass is 19.2. The van der Waals surface area contributed by atoms with Crippen LogP contribution in [0, 0.1) is 11.6 Å². The quantitative estimate of drug-likeness (QED) is 0.234. The van der Waals surface area contributed by atoms with Gasteiger partial charge in [-0.05, 0) is 59.9 Å². The molecule has 0 unspecified atom stereocenters. The molecular formula is C30H28F2O2. The van der Waals surface area contributed by atoms with Gasteiger partial charge in [0.25, 0.3) is 0 Å². The Morgan fingerprint density at radius 1 is 0.529 bits per heavy atom. The zero-order valence-electron chi connectivity index (χ0n) is 19.5. The molecule has 0 aliphatic carbocycles. The lowest BCUT2D eigenvalue weighted by Crippen LogP contribution is -1.97. The minimum absolute atomic E-state index is 0.229. The van der Waals surface area contributed by atoms with Gasteiger partial charge < -0.3 is 9.47 Å². The van der Waals surface area contributed by atoms with Crippen LogP contribution in [0.1, 0.15) is 26.7 Å². The number of ether oxygens (including phenoxy) is 2. The van der Waals surface area contributed by atoms with E-state index in [2.05, 4.69) is 6.92 Å². The summed E-state index contributed by atoms with van der Waals surface area (Å²) in [6.07, 6.45) is 2.03. The van der Waals surface area contributed by atoms with Crippen molar-refractivity contribution in [3.05, 3.63) is 96.6 Å². The summed E-state index contributed by atoms with van der Waals surface area (Å²) >= 11 is 0. The number of benzene rings is 4. The van der Waals surface area contributed by atoms with Crippen molar-refractivity contribution in [3.63, 3.8) is 0 Å². The third-order valence-corrected chi connectivity index (χ3v) is 5.71. The third kappa shape index (κ3) is 5.28. The van der Waals surface area contributed by atoms with Crippen molar-refractivity contribution in [1.82, 2.24) is 0 Å². The molecule has 0 spiro atoms.